The molecule has 0 aliphatic carbocycles. The number of nitrogens with zero attached hydrogens (tertiary/aromatic N) is 3. The van der Waals surface area contributed by atoms with Crippen molar-refractivity contribution >= 4 is 29.1 Å². The van der Waals surface area contributed by atoms with E-state index < -0.39 is 12.0 Å². The van der Waals surface area contributed by atoms with Crippen LogP contribution in [0.2, 0.25) is 0 Å². The van der Waals surface area contributed by atoms with E-state index in [-0.39, 0.29) is 12.2 Å². The van der Waals surface area contributed by atoms with E-state index in [1.54, 1.807) is 50.8 Å². The van der Waals surface area contributed by atoms with E-state index in [4.69, 9.17) is 14.2 Å². The minimum atomic E-state index is -0.789. The molecule has 0 bridgehead atoms. The van der Waals surface area contributed by atoms with Crippen molar-refractivity contribution in [1.82, 2.24) is 4.57 Å². The van der Waals surface area contributed by atoms with Crippen molar-refractivity contribution in [1.29, 1.82) is 0 Å². The van der Waals surface area contributed by atoms with Gasteiger partial charge < -0.3 is 19.1 Å². The Morgan fingerprint density at radius 1 is 1.08 bits per heavy atom. The van der Waals surface area contributed by atoms with Crippen LogP contribution in [-0.2, 0) is 9.53 Å². The lowest BCUT2D eigenvalue weighted by molar-refractivity contribution is -0.139. The number of carbonyl (C=O) groups is 1. The van der Waals surface area contributed by atoms with Gasteiger partial charge in [0.2, 0.25) is 0 Å². The first-order valence-corrected chi connectivity index (χ1v) is 13.4. The van der Waals surface area contributed by atoms with E-state index in [9.17, 15) is 9.59 Å². The topological polar surface area (TPSA) is 82.4 Å². The maximum Gasteiger partial charge on any atom is 0.338 e. The second kappa shape index (κ2) is 11.7. The van der Waals surface area contributed by atoms with Gasteiger partial charge in [0.25, 0.3) is 5.56 Å². The molecule has 9 heteroatoms. The lowest BCUT2D eigenvalue weighted by Gasteiger charge is -2.26. The Bertz CT molecular complexity index is 1530. The Hall–Kier alpha value is -3.85. The third kappa shape index (κ3) is 5.11. The summed E-state index contributed by atoms with van der Waals surface area (Å²) in [7, 11) is 3.12. The van der Waals surface area contributed by atoms with Crippen LogP contribution in [0.5, 0.6) is 11.5 Å². The van der Waals surface area contributed by atoms with Crippen LogP contribution in [0.1, 0.15) is 44.9 Å². The molecule has 0 unspecified atom stereocenters. The summed E-state index contributed by atoms with van der Waals surface area (Å²) in [5.41, 5.74) is 3.19. The van der Waals surface area contributed by atoms with Crippen molar-refractivity contribution in [3.63, 3.8) is 0 Å². The van der Waals surface area contributed by atoms with Gasteiger partial charge in [0.15, 0.2) is 4.80 Å². The Labute approximate surface area is 226 Å². The number of aromatic nitrogens is 1. The molecular weight excluding hydrogens is 502 g/mol. The average molecular weight is 536 g/mol. The molecule has 0 saturated heterocycles. The fraction of sp³-hybridized carbons (Fsp3) is 0.345. The van der Waals surface area contributed by atoms with E-state index in [0.717, 1.165) is 24.3 Å². The third-order valence-electron chi connectivity index (χ3n) is 6.57. The molecule has 4 rings (SSSR count). The predicted octanol–water partition coefficient (Wildman–Crippen LogP) is 3.66. The van der Waals surface area contributed by atoms with Crippen LogP contribution in [0.25, 0.3) is 6.08 Å². The Morgan fingerprint density at radius 2 is 1.79 bits per heavy atom. The van der Waals surface area contributed by atoms with Crippen molar-refractivity contribution in [2.24, 2.45) is 4.99 Å². The Morgan fingerprint density at radius 3 is 2.39 bits per heavy atom. The smallest absolute Gasteiger partial charge is 0.338 e. The van der Waals surface area contributed by atoms with Gasteiger partial charge in [-0.15, -0.1) is 0 Å². The van der Waals surface area contributed by atoms with Gasteiger partial charge in [0.05, 0.1) is 36.6 Å². The summed E-state index contributed by atoms with van der Waals surface area (Å²) >= 11 is 1.29. The highest BCUT2D eigenvalue weighted by Crippen LogP contribution is 2.37. The van der Waals surface area contributed by atoms with Crippen molar-refractivity contribution in [2.75, 3.05) is 38.8 Å². The molecule has 38 heavy (non-hydrogen) atoms. The maximum absolute atomic E-state index is 13.9. The summed E-state index contributed by atoms with van der Waals surface area (Å²) in [6, 6.07) is 12.7. The number of hydrogen-bond donors (Lipinski definition) is 0. The second-order valence-electron chi connectivity index (χ2n) is 8.67. The number of fused-ring (bicyclic) bond motifs is 1. The Kier molecular flexibility index (Phi) is 8.36. The highest BCUT2D eigenvalue weighted by molar-refractivity contribution is 7.07. The van der Waals surface area contributed by atoms with Crippen LogP contribution in [-0.4, -0.2) is 44.5 Å². The minimum absolute atomic E-state index is 0.200. The molecule has 1 atom stereocenters. The van der Waals surface area contributed by atoms with Crippen molar-refractivity contribution in [3.8, 4) is 11.5 Å². The molecule has 0 radical (unpaired) electrons. The summed E-state index contributed by atoms with van der Waals surface area (Å²) < 4.78 is 18.6. The second-order valence-corrected chi connectivity index (χ2v) is 9.68. The molecule has 2 aromatic carbocycles. The van der Waals surface area contributed by atoms with E-state index in [1.807, 2.05) is 18.2 Å². The molecule has 200 valence electrons. The van der Waals surface area contributed by atoms with Gasteiger partial charge in [-0.05, 0) is 69.7 Å². The van der Waals surface area contributed by atoms with E-state index in [0.29, 0.717) is 37.7 Å². The monoisotopic (exact) mass is 535 g/mol. The number of allylic oxidation sites excluding steroid dienone is 1. The fourth-order valence-corrected chi connectivity index (χ4v) is 5.71. The molecule has 0 spiro atoms. The van der Waals surface area contributed by atoms with Gasteiger partial charge in [-0.1, -0.05) is 23.5 Å². The maximum atomic E-state index is 13.9. The third-order valence-corrected chi connectivity index (χ3v) is 7.55. The van der Waals surface area contributed by atoms with Crippen molar-refractivity contribution < 1.29 is 19.0 Å². The number of anilines is 1. The quantitative estimate of drug-likeness (QED) is 0.389. The lowest BCUT2D eigenvalue weighted by atomic mass is 9.94. The van der Waals surface area contributed by atoms with Gasteiger partial charge in [-0.2, -0.15) is 0 Å². The average Bonchev–Trinajstić information content (AvgIpc) is 3.23. The summed E-state index contributed by atoms with van der Waals surface area (Å²) in [6.45, 7) is 9.79. The highest BCUT2D eigenvalue weighted by Gasteiger charge is 2.35. The summed E-state index contributed by atoms with van der Waals surface area (Å²) in [6.07, 6.45) is 1.86. The molecule has 2 heterocycles. The number of hydrogen-bond acceptors (Lipinski definition) is 8. The zero-order valence-corrected chi connectivity index (χ0v) is 23.4. The van der Waals surface area contributed by atoms with Crippen LogP contribution in [0.15, 0.2) is 63.5 Å². The molecule has 0 saturated carbocycles. The molecule has 8 nitrogen and oxygen atoms in total. The van der Waals surface area contributed by atoms with Crippen molar-refractivity contribution in [2.45, 2.75) is 33.7 Å². The molecule has 3 aromatic rings. The number of thiazole rings is 1. The van der Waals surface area contributed by atoms with Gasteiger partial charge in [-0.25, -0.2) is 9.79 Å². The van der Waals surface area contributed by atoms with Gasteiger partial charge in [0, 0.05) is 24.3 Å². The van der Waals surface area contributed by atoms with Crippen LogP contribution < -0.4 is 29.3 Å². The first-order chi connectivity index (χ1) is 18.4. The van der Waals surface area contributed by atoms with Gasteiger partial charge in [0.1, 0.15) is 17.5 Å². The largest absolute Gasteiger partial charge is 0.497 e. The summed E-state index contributed by atoms with van der Waals surface area (Å²) in [5, 5.41) is 0. The summed E-state index contributed by atoms with van der Waals surface area (Å²) in [5.74, 6) is 0.577. The van der Waals surface area contributed by atoms with Gasteiger partial charge >= 0.3 is 5.97 Å². The first kappa shape index (κ1) is 27.2. The number of benzene rings is 2. The number of rotatable bonds is 9. The van der Waals surface area contributed by atoms with Crippen LogP contribution in [0.3, 0.4) is 0 Å². The van der Waals surface area contributed by atoms with Gasteiger partial charge in [-0.3, -0.25) is 9.36 Å². The number of ether oxygens (including phenoxy) is 3. The zero-order valence-electron chi connectivity index (χ0n) is 22.6. The fourth-order valence-electron chi connectivity index (χ4n) is 4.66. The predicted molar refractivity (Wildman–Crippen MR) is 150 cm³/mol. The lowest BCUT2D eigenvalue weighted by Crippen LogP contribution is -2.40. The van der Waals surface area contributed by atoms with Crippen LogP contribution >= 0.6 is 11.3 Å². The number of methoxy groups -OCH3 is 2. The molecule has 1 aromatic heterocycles. The SMILES string of the molecule is CCOC(=O)C1=C(C)N=c2s/c(=C/c3ccc(N(CC)CC)cc3)c(=O)n2[C@@H]1c1cc(OC)ccc1OC. The number of carbonyl (C=O) groups excluding carboxylic acids is 1. The first-order valence-electron chi connectivity index (χ1n) is 12.6. The van der Waals surface area contributed by atoms with E-state index in [2.05, 4.69) is 35.9 Å². The van der Waals surface area contributed by atoms with E-state index >= 15 is 0 Å². The molecule has 1 aliphatic heterocycles. The molecule has 0 fully saturated rings. The summed E-state index contributed by atoms with van der Waals surface area (Å²) in [4.78, 5) is 34.5. The molecule has 0 N–H and O–H groups in total. The van der Waals surface area contributed by atoms with Crippen molar-refractivity contribution in [3.05, 3.63) is 84.5 Å². The minimum Gasteiger partial charge on any atom is -0.497 e. The molecule has 1 aliphatic rings. The molecular formula is C29H33N3O5S. The normalized spacial score (nSPS) is 15.1. The standard InChI is InChI=1S/C29H33N3O5S/c1-7-31(8-2)20-12-10-19(11-13-20)16-24-27(33)32-26(22-17-21(35-5)14-15-23(22)36-6)25(28(34)37-9-3)18(4)30-29(32)38-24/h10-17,26H,7-9H2,1-6H3/b24-16+/t26-/m1/s1. The van der Waals surface area contributed by atoms with Crippen LogP contribution in [0.4, 0.5) is 5.69 Å². The van der Waals surface area contributed by atoms with Crippen LogP contribution in [0, 0.1) is 0 Å². The molecule has 0 amide bonds. The van der Waals surface area contributed by atoms with E-state index in [1.165, 1.54) is 11.3 Å². The highest BCUT2D eigenvalue weighted by atomic mass is 32.1. The Balaban J connectivity index is 1.92. The zero-order chi connectivity index (χ0) is 27.4. The number of esters is 1.